The number of methoxy groups -OCH3 is 1. The number of rotatable bonds is 10. The number of amides is 2. The normalized spacial score (nSPS) is 15.1. The number of hydrogen-bond donors (Lipinski definition) is 2. The highest BCUT2D eigenvalue weighted by Gasteiger charge is 2.19. The number of nitrogens with zero attached hydrogens (tertiary/aromatic N) is 2. The second kappa shape index (κ2) is 11.7. The molecule has 0 radical (unpaired) electrons. The highest BCUT2D eigenvalue weighted by atomic mass is 16.5. The number of hydrogen-bond acceptors (Lipinski definition) is 6. The molecule has 1 fully saturated rings. The minimum absolute atomic E-state index is 0.0225. The van der Waals surface area contributed by atoms with Gasteiger partial charge in [-0.1, -0.05) is 30.3 Å². The maximum absolute atomic E-state index is 13.2. The first kappa shape index (κ1) is 25.2. The molecule has 2 aromatic carbocycles. The Balaban J connectivity index is 1.48. The highest BCUT2D eigenvalue weighted by molar-refractivity contribution is 5.81. The van der Waals surface area contributed by atoms with Crippen molar-refractivity contribution in [3.63, 3.8) is 0 Å². The van der Waals surface area contributed by atoms with Crippen LogP contribution in [0.1, 0.15) is 24.8 Å². The molecule has 1 aliphatic heterocycles. The van der Waals surface area contributed by atoms with Gasteiger partial charge in [-0.2, -0.15) is 0 Å². The number of para-hydroxylation sites is 2. The van der Waals surface area contributed by atoms with E-state index in [4.69, 9.17) is 9.47 Å². The van der Waals surface area contributed by atoms with Crippen LogP contribution < -0.4 is 26.6 Å². The summed E-state index contributed by atoms with van der Waals surface area (Å²) in [5.74, 6) is -0.0112. The van der Waals surface area contributed by atoms with Crippen LogP contribution in [-0.2, 0) is 34.0 Å². The van der Waals surface area contributed by atoms with Gasteiger partial charge < -0.3 is 20.1 Å². The van der Waals surface area contributed by atoms with Crippen molar-refractivity contribution < 1.29 is 19.1 Å². The zero-order valence-corrected chi connectivity index (χ0v) is 20.2. The van der Waals surface area contributed by atoms with Gasteiger partial charge in [-0.3, -0.25) is 23.5 Å². The van der Waals surface area contributed by atoms with Gasteiger partial charge in [-0.05, 0) is 31.0 Å². The Kier molecular flexibility index (Phi) is 8.17. The number of ether oxygens (including phenoxy) is 2. The maximum Gasteiger partial charge on any atom is 0.331 e. The number of carbonyl (C=O) groups excluding carboxylic acids is 2. The van der Waals surface area contributed by atoms with Gasteiger partial charge in [0.05, 0.1) is 24.1 Å². The highest BCUT2D eigenvalue weighted by Crippen LogP contribution is 2.16. The van der Waals surface area contributed by atoms with Gasteiger partial charge in [0.2, 0.25) is 11.8 Å². The summed E-state index contributed by atoms with van der Waals surface area (Å²) in [5, 5.41) is 5.90. The van der Waals surface area contributed by atoms with E-state index < -0.39 is 11.2 Å². The van der Waals surface area contributed by atoms with E-state index >= 15 is 0 Å². The van der Waals surface area contributed by atoms with Crippen LogP contribution in [0.3, 0.4) is 0 Å². The number of fused-ring (bicyclic) bond motifs is 1. The molecule has 2 heterocycles. The summed E-state index contributed by atoms with van der Waals surface area (Å²) < 4.78 is 13.1. The third kappa shape index (κ3) is 5.83. The predicted octanol–water partition coefficient (Wildman–Crippen LogP) is 1.17. The zero-order valence-electron chi connectivity index (χ0n) is 20.2. The van der Waals surface area contributed by atoms with E-state index in [1.807, 2.05) is 18.2 Å². The molecule has 1 saturated heterocycles. The van der Waals surface area contributed by atoms with Gasteiger partial charge in [-0.25, -0.2) is 4.79 Å². The summed E-state index contributed by atoms with van der Waals surface area (Å²) in [6, 6.07) is 14.0. The summed E-state index contributed by atoms with van der Waals surface area (Å²) in [7, 11) is 1.56. The third-order valence-electron chi connectivity index (χ3n) is 6.22. The Bertz CT molecular complexity index is 1360. The standard InChI is InChI=1S/C26H30N4O6/c1-35-22-11-5-2-7-18(22)15-27-23(31)12-13-29-25(33)20-9-3-4-10-21(20)30(26(29)34)17-24(32)28-16-19-8-6-14-36-19/h2-5,7,9-11,19H,6,8,12-17H2,1H3,(H,27,31)(H,28,32). The smallest absolute Gasteiger partial charge is 0.331 e. The Hall–Kier alpha value is -3.92. The Labute approximate surface area is 207 Å². The van der Waals surface area contributed by atoms with Crippen molar-refractivity contribution in [1.82, 2.24) is 19.8 Å². The van der Waals surface area contributed by atoms with E-state index in [1.165, 1.54) is 4.57 Å². The number of carbonyl (C=O) groups is 2. The van der Waals surface area contributed by atoms with E-state index in [9.17, 15) is 19.2 Å². The minimum Gasteiger partial charge on any atom is -0.496 e. The molecule has 0 saturated carbocycles. The molecule has 0 spiro atoms. The fourth-order valence-electron chi connectivity index (χ4n) is 4.30. The van der Waals surface area contributed by atoms with Crippen LogP contribution in [0.15, 0.2) is 58.1 Å². The van der Waals surface area contributed by atoms with Crippen molar-refractivity contribution in [2.24, 2.45) is 0 Å². The summed E-state index contributed by atoms with van der Waals surface area (Å²) in [6.45, 7) is 0.953. The van der Waals surface area contributed by atoms with E-state index in [1.54, 1.807) is 37.4 Å². The van der Waals surface area contributed by atoms with Crippen molar-refractivity contribution >= 4 is 22.7 Å². The van der Waals surface area contributed by atoms with Crippen molar-refractivity contribution in [2.75, 3.05) is 20.3 Å². The van der Waals surface area contributed by atoms with Gasteiger partial charge in [0.1, 0.15) is 12.3 Å². The summed E-state index contributed by atoms with van der Waals surface area (Å²) in [6.07, 6.45) is 1.74. The molecule has 10 nitrogen and oxygen atoms in total. The van der Waals surface area contributed by atoms with E-state index in [2.05, 4.69) is 10.6 Å². The van der Waals surface area contributed by atoms with Crippen LogP contribution in [0.5, 0.6) is 5.75 Å². The lowest BCUT2D eigenvalue weighted by Gasteiger charge is -2.15. The van der Waals surface area contributed by atoms with Gasteiger partial charge in [0.25, 0.3) is 5.56 Å². The van der Waals surface area contributed by atoms with Crippen LogP contribution >= 0.6 is 0 Å². The van der Waals surface area contributed by atoms with Crippen molar-refractivity contribution in [3.8, 4) is 5.75 Å². The Morgan fingerprint density at radius 3 is 2.58 bits per heavy atom. The molecule has 10 heteroatoms. The first-order chi connectivity index (χ1) is 17.5. The monoisotopic (exact) mass is 494 g/mol. The molecule has 3 aromatic rings. The van der Waals surface area contributed by atoms with Gasteiger partial charge in [-0.15, -0.1) is 0 Å². The van der Waals surface area contributed by atoms with Crippen molar-refractivity contribution in [1.29, 1.82) is 0 Å². The molecule has 0 aliphatic carbocycles. The molecule has 4 rings (SSSR count). The number of aromatic nitrogens is 2. The van der Waals surface area contributed by atoms with Crippen molar-refractivity contribution in [3.05, 3.63) is 74.9 Å². The van der Waals surface area contributed by atoms with Gasteiger partial charge in [0.15, 0.2) is 0 Å². The van der Waals surface area contributed by atoms with Gasteiger partial charge >= 0.3 is 5.69 Å². The Morgan fingerprint density at radius 2 is 1.81 bits per heavy atom. The fraction of sp³-hybridized carbons (Fsp3) is 0.385. The Morgan fingerprint density at radius 1 is 1.03 bits per heavy atom. The average molecular weight is 495 g/mol. The van der Waals surface area contributed by atoms with Crippen LogP contribution in [0.25, 0.3) is 10.9 Å². The zero-order chi connectivity index (χ0) is 25.5. The second-order valence-electron chi connectivity index (χ2n) is 8.62. The number of nitrogens with one attached hydrogen (secondary N) is 2. The molecular weight excluding hydrogens is 464 g/mol. The fourth-order valence-corrected chi connectivity index (χ4v) is 4.30. The molecular formula is C26H30N4O6. The molecule has 190 valence electrons. The first-order valence-corrected chi connectivity index (χ1v) is 12.0. The molecule has 2 N–H and O–H groups in total. The minimum atomic E-state index is -0.636. The van der Waals surface area contributed by atoms with Gasteiger partial charge in [0, 0.05) is 38.2 Å². The summed E-state index contributed by atoms with van der Waals surface area (Å²) >= 11 is 0. The van der Waals surface area contributed by atoms with E-state index in [-0.39, 0.29) is 44.0 Å². The predicted molar refractivity (Wildman–Crippen MR) is 134 cm³/mol. The SMILES string of the molecule is COc1ccccc1CNC(=O)CCn1c(=O)c2ccccc2n(CC(=O)NCC2CCCO2)c1=O. The first-order valence-electron chi connectivity index (χ1n) is 12.0. The summed E-state index contributed by atoms with van der Waals surface area (Å²) in [5.41, 5.74) is 0.0527. The molecule has 36 heavy (non-hydrogen) atoms. The lowest BCUT2D eigenvalue weighted by atomic mass is 10.2. The topological polar surface area (TPSA) is 121 Å². The molecule has 1 unspecified atom stereocenters. The lowest BCUT2D eigenvalue weighted by Crippen LogP contribution is -2.44. The van der Waals surface area contributed by atoms with Crippen LogP contribution in [0, 0.1) is 0 Å². The van der Waals surface area contributed by atoms with Crippen LogP contribution in [0.4, 0.5) is 0 Å². The molecule has 1 aromatic heterocycles. The second-order valence-corrected chi connectivity index (χ2v) is 8.62. The maximum atomic E-state index is 13.2. The largest absolute Gasteiger partial charge is 0.496 e. The summed E-state index contributed by atoms with van der Waals surface area (Å²) in [4.78, 5) is 51.4. The van der Waals surface area contributed by atoms with Crippen molar-refractivity contribution in [2.45, 2.75) is 45.0 Å². The van der Waals surface area contributed by atoms with Crippen LogP contribution in [0.2, 0.25) is 0 Å². The van der Waals surface area contributed by atoms with E-state index in [0.29, 0.717) is 29.8 Å². The third-order valence-corrected chi connectivity index (χ3v) is 6.22. The quantitative estimate of drug-likeness (QED) is 0.437. The molecule has 1 atom stereocenters. The number of benzene rings is 2. The van der Waals surface area contributed by atoms with E-state index in [0.717, 1.165) is 23.0 Å². The molecule has 1 aliphatic rings. The van der Waals surface area contributed by atoms with Crippen LogP contribution in [-0.4, -0.2) is 47.3 Å². The molecule has 2 amide bonds. The molecule has 0 bridgehead atoms. The average Bonchev–Trinajstić information content (AvgIpc) is 3.42. The lowest BCUT2D eigenvalue weighted by molar-refractivity contribution is -0.122.